The monoisotopic (exact) mass is 472 g/mol. The maximum atomic E-state index is 12.6. The van der Waals surface area contributed by atoms with E-state index in [2.05, 4.69) is 36.1 Å². The number of nitrogens with zero attached hydrogens (tertiary/aromatic N) is 4. The molecule has 0 bridgehead atoms. The molecule has 0 aliphatic rings. The third-order valence-corrected chi connectivity index (χ3v) is 4.25. The van der Waals surface area contributed by atoms with Crippen molar-refractivity contribution in [3.05, 3.63) is 57.2 Å². The normalized spacial score (nSPS) is 12.8. The summed E-state index contributed by atoms with van der Waals surface area (Å²) in [7, 11) is 0. The third-order valence-electron chi connectivity index (χ3n) is 3.64. The van der Waals surface area contributed by atoms with Crippen LogP contribution in [0.1, 0.15) is 29.6 Å². The van der Waals surface area contributed by atoms with Gasteiger partial charge in [-0.15, -0.1) is 10.2 Å². The van der Waals surface area contributed by atoms with Crippen LogP contribution < -0.4 is 0 Å². The van der Waals surface area contributed by atoms with E-state index in [1.165, 1.54) is 0 Å². The van der Waals surface area contributed by atoms with Gasteiger partial charge in [0.15, 0.2) is 5.76 Å². The van der Waals surface area contributed by atoms with Crippen LogP contribution in [0.3, 0.4) is 0 Å². The molecule has 0 aromatic carbocycles. The highest BCUT2D eigenvalue weighted by Crippen LogP contribution is 2.29. The summed E-state index contributed by atoms with van der Waals surface area (Å²) < 4.78 is 43.0. The van der Waals surface area contributed by atoms with Crippen molar-refractivity contribution in [3.8, 4) is 0 Å². The molecule has 154 valence electrons. The Hall–Kier alpha value is -2.82. The molecule has 1 N–H and O–H groups in total. The topological polar surface area (TPSA) is 97.0 Å². The Bertz CT molecular complexity index is 974. The van der Waals surface area contributed by atoms with Gasteiger partial charge in [-0.05, 0) is 60.5 Å². The number of rotatable bonds is 5. The van der Waals surface area contributed by atoms with Crippen LogP contribution >= 0.6 is 15.9 Å². The van der Waals surface area contributed by atoms with Crippen molar-refractivity contribution in [3.63, 3.8) is 0 Å². The van der Waals surface area contributed by atoms with E-state index in [4.69, 9.17) is 4.74 Å². The van der Waals surface area contributed by atoms with Gasteiger partial charge in [-0.2, -0.15) is 13.2 Å². The number of esters is 1. The van der Waals surface area contributed by atoms with Gasteiger partial charge in [0, 0.05) is 10.2 Å². The lowest BCUT2D eigenvalue weighted by Crippen LogP contribution is -2.09. The van der Waals surface area contributed by atoms with Gasteiger partial charge in [-0.25, -0.2) is 14.8 Å². The van der Waals surface area contributed by atoms with E-state index in [0.717, 1.165) is 23.9 Å². The van der Waals surface area contributed by atoms with Crippen LogP contribution in [-0.4, -0.2) is 27.7 Å². The minimum absolute atomic E-state index is 0.00842. The van der Waals surface area contributed by atoms with Crippen LogP contribution in [0, 0.1) is 13.8 Å². The van der Waals surface area contributed by atoms with Gasteiger partial charge in [0.2, 0.25) is 5.70 Å². The Morgan fingerprint density at radius 3 is 2.55 bits per heavy atom. The van der Waals surface area contributed by atoms with Crippen molar-refractivity contribution in [2.75, 3.05) is 6.61 Å². The fourth-order valence-electron chi connectivity index (χ4n) is 2.06. The smallest absolute Gasteiger partial charge is 0.433 e. The van der Waals surface area contributed by atoms with Crippen LogP contribution in [-0.2, 0) is 15.7 Å². The molecular weight excluding hydrogens is 457 g/mol. The Balaban J connectivity index is 2.48. The Morgan fingerprint density at radius 1 is 1.31 bits per heavy atom. The van der Waals surface area contributed by atoms with E-state index in [1.54, 1.807) is 19.9 Å². The largest absolute Gasteiger partial charge is 0.504 e. The summed E-state index contributed by atoms with van der Waals surface area (Å²) in [5.74, 6) is -1.57. The molecule has 0 spiro atoms. The van der Waals surface area contributed by atoms with Crippen molar-refractivity contribution >= 4 is 33.3 Å². The first-order valence-electron chi connectivity index (χ1n) is 8.24. The fraction of sp³-hybridized carbons (Fsp3) is 0.278. The molecule has 0 amide bonds. The summed E-state index contributed by atoms with van der Waals surface area (Å²) >= 11 is 3.26. The maximum Gasteiger partial charge on any atom is 0.433 e. The molecule has 11 heteroatoms. The lowest BCUT2D eigenvalue weighted by molar-refractivity contribution is -0.141. The van der Waals surface area contributed by atoms with Gasteiger partial charge in [-0.3, -0.25) is 0 Å². The summed E-state index contributed by atoms with van der Waals surface area (Å²) in [6.45, 7) is 5.11. The van der Waals surface area contributed by atoms with Crippen molar-refractivity contribution in [2.45, 2.75) is 26.9 Å². The number of carbonyl (C=O) groups is 1. The molecule has 29 heavy (non-hydrogen) atoms. The number of aromatic nitrogens is 2. The highest BCUT2D eigenvalue weighted by molar-refractivity contribution is 9.10. The van der Waals surface area contributed by atoms with Gasteiger partial charge in [0.1, 0.15) is 17.1 Å². The fourth-order valence-corrected chi connectivity index (χ4v) is 2.68. The number of azo groups is 1. The molecule has 2 aromatic heterocycles. The minimum atomic E-state index is -4.59. The Morgan fingerprint density at radius 2 is 2.00 bits per heavy atom. The Labute approximate surface area is 172 Å². The standard InChI is InChI=1S/C18H16BrF3N4O3/c1-4-29-17(28)15(16(27)14-12(19)7-9(2)10(3)24-14)26-25-11-5-6-13(23-8-11)18(20,21)22/h5-8,27H,4H2,1-3H3/b16-15+,26-25?. The van der Waals surface area contributed by atoms with Crippen molar-refractivity contribution in [2.24, 2.45) is 10.2 Å². The predicted molar refractivity (Wildman–Crippen MR) is 101 cm³/mol. The molecule has 2 rings (SSSR count). The van der Waals surface area contributed by atoms with E-state index >= 15 is 0 Å². The zero-order chi connectivity index (χ0) is 21.8. The second-order valence-electron chi connectivity index (χ2n) is 5.74. The summed E-state index contributed by atoms with van der Waals surface area (Å²) in [5.41, 5.74) is -0.197. The zero-order valence-electron chi connectivity index (χ0n) is 15.6. The van der Waals surface area contributed by atoms with E-state index in [0.29, 0.717) is 10.2 Å². The van der Waals surface area contributed by atoms with Crippen molar-refractivity contribution in [1.29, 1.82) is 0 Å². The molecule has 0 saturated carbocycles. The van der Waals surface area contributed by atoms with Gasteiger partial charge in [-0.1, -0.05) is 0 Å². The lowest BCUT2D eigenvalue weighted by atomic mass is 10.2. The van der Waals surface area contributed by atoms with Crippen LogP contribution in [0.15, 0.2) is 44.8 Å². The molecule has 0 unspecified atom stereocenters. The molecule has 0 aliphatic carbocycles. The van der Waals surface area contributed by atoms with Crippen LogP contribution in [0.4, 0.5) is 18.9 Å². The summed E-state index contributed by atoms with van der Waals surface area (Å²) in [6, 6.07) is 3.46. The second kappa shape index (κ2) is 9.12. The maximum absolute atomic E-state index is 12.6. The molecule has 2 aromatic rings. The molecule has 0 aliphatic heterocycles. The highest BCUT2D eigenvalue weighted by Gasteiger charge is 2.32. The summed E-state index contributed by atoms with van der Waals surface area (Å²) in [5, 5.41) is 17.9. The molecule has 0 fully saturated rings. The van der Waals surface area contributed by atoms with E-state index in [-0.39, 0.29) is 18.0 Å². The van der Waals surface area contributed by atoms with Gasteiger partial charge in [0.05, 0.1) is 12.8 Å². The lowest BCUT2D eigenvalue weighted by Gasteiger charge is -2.09. The first kappa shape index (κ1) is 22.5. The van der Waals surface area contributed by atoms with E-state index < -0.39 is 29.3 Å². The third kappa shape index (κ3) is 5.59. The number of ether oxygens (including phenoxy) is 1. The molecule has 2 heterocycles. The zero-order valence-corrected chi connectivity index (χ0v) is 17.2. The molecule has 0 atom stereocenters. The quantitative estimate of drug-likeness (QED) is 0.270. The number of alkyl halides is 3. The Kier molecular flexibility index (Phi) is 7.07. The number of hydrogen-bond acceptors (Lipinski definition) is 7. The SMILES string of the molecule is CCOC(=O)/C(N=Nc1ccc(C(F)(F)F)nc1)=C(\O)c1nc(C)c(C)cc1Br. The number of hydrogen-bond donors (Lipinski definition) is 1. The first-order chi connectivity index (χ1) is 13.5. The number of halogens is 4. The van der Waals surface area contributed by atoms with Crippen molar-refractivity contribution < 1.29 is 27.8 Å². The second-order valence-corrected chi connectivity index (χ2v) is 6.59. The van der Waals surface area contributed by atoms with Crippen LogP contribution in [0.25, 0.3) is 5.76 Å². The molecular formula is C18H16BrF3N4O3. The predicted octanol–water partition coefficient (Wildman–Crippen LogP) is 5.45. The van der Waals surface area contributed by atoms with Crippen molar-refractivity contribution in [1.82, 2.24) is 9.97 Å². The van der Waals surface area contributed by atoms with E-state index in [9.17, 15) is 23.1 Å². The van der Waals surface area contributed by atoms with Gasteiger partial charge >= 0.3 is 12.1 Å². The van der Waals surface area contributed by atoms with Gasteiger partial charge < -0.3 is 9.84 Å². The number of pyridine rings is 2. The number of aliphatic hydroxyl groups is 1. The highest BCUT2D eigenvalue weighted by atomic mass is 79.9. The van der Waals surface area contributed by atoms with Gasteiger partial charge in [0.25, 0.3) is 0 Å². The first-order valence-corrected chi connectivity index (χ1v) is 9.03. The minimum Gasteiger partial charge on any atom is -0.504 e. The molecule has 7 nitrogen and oxygen atoms in total. The summed E-state index contributed by atoms with van der Waals surface area (Å²) in [4.78, 5) is 19.7. The number of aliphatic hydroxyl groups excluding tert-OH is 1. The molecule has 0 radical (unpaired) electrons. The average Bonchev–Trinajstić information content (AvgIpc) is 2.64. The van der Waals surface area contributed by atoms with E-state index in [1.807, 2.05) is 6.92 Å². The van der Waals surface area contributed by atoms with Crippen LogP contribution in [0.5, 0.6) is 0 Å². The number of carbonyl (C=O) groups excluding carboxylic acids is 1. The summed E-state index contributed by atoms with van der Waals surface area (Å²) in [6.07, 6.45) is -3.75. The van der Waals surface area contributed by atoms with Crippen LogP contribution in [0.2, 0.25) is 0 Å². The number of aryl methyl sites for hydroxylation is 2. The molecule has 0 saturated heterocycles. The average molecular weight is 473 g/mol.